The number of nitrogens with zero attached hydrogens (tertiary/aromatic N) is 1. The van der Waals surface area contributed by atoms with E-state index < -0.39 is 0 Å². The molecule has 2 N–H and O–H groups in total. The minimum absolute atomic E-state index is 0.246. The largest absolute Gasteiger partial charge is 0.359 e. The zero-order valence-electron chi connectivity index (χ0n) is 8.33. The Balaban J connectivity index is 2.40. The number of hydrogen-bond donors (Lipinski definition) is 1. The van der Waals surface area contributed by atoms with Gasteiger partial charge in [-0.15, -0.1) is 0 Å². The Hall–Kier alpha value is -1.68. The second-order valence-corrected chi connectivity index (χ2v) is 3.35. The Bertz CT molecular complexity index is 479. The van der Waals surface area contributed by atoms with Crippen LogP contribution < -0.4 is 5.73 Å². The van der Waals surface area contributed by atoms with Crippen molar-refractivity contribution < 1.29 is 8.91 Å². The minimum atomic E-state index is -0.246. The van der Waals surface area contributed by atoms with Crippen LogP contribution in [0.3, 0.4) is 0 Å². The van der Waals surface area contributed by atoms with Gasteiger partial charge in [0.1, 0.15) is 11.5 Å². The van der Waals surface area contributed by atoms with Crippen molar-refractivity contribution in [3.8, 4) is 11.3 Å². The van der Waals surface area contributed by atoms with Gasteiger partial charge < -0.3 is 10.3 Å². The van der Waals surface area contributed by atoms with Crippen LogP contribution in [-0.4, -0.2) is 5.16 Å². The fourth-order valence-corrected chi connectivity index (χ4v) is 1.30. The van der Waals surface area contributed by atoms with E-state index in [2.05, 4.69) is 5.16 Å². The summed E-state index contributed by atoms with van der Waals surface area (Å²) >= 11 is 0. The molecular formula is C11H11FN2O. The predicted molar refractivity (Wildman–Crippen MR) is 54.5 cm³/mol. The molecule has 0 aliphatic rings. The normalized spacial score (nSPS) is 10.6. The van der Waals surface area contributed by atoms with Crippen molar-refractivity contribution in [1.82, 2.24) is 5.16 Å². The lowest BCUT2D eigenvalue weighted by molar-refractivity contribution is 0.387. The number of rotatable bonds is 2. The van der Waals surface area contributed by atoms with E-state index in [1.54, 1.807) is 25.1 Å². The number of halogens is 1. The third-order valence-electron chi connectivity index (χ3n) is 2.23. The Morgan fingerprint density at radius 1 is 1.40 bits per heavy atom. The topological polar surface area (TPSA) is 52.0 Å². The fourth-order valence-electron chi connectivity index (χ4n) is 1.30. The highest BCUT2D eigenvalue weighted by Crippen LogP contribution is 2.21. The Morgan fingerprint density at radius 3 is 2.80 bits per heavy atom. The maximum atomic E-state index is 13.3. The molecule has 4 heteroatoms. The highest BCUT2D eigenvalue weighted by Gasteiger charge is 2.07. The lowest BCUT2D eigenvalue weighted by Gasteiger charge is -1.98. The number of hydrogen-bond acceptors (Lipinski definition) is 3. The first-order chi connectivity index (χ1) is 7.20. The van der Waals surface area contributed by atoms with Gasteiger partial charge in [0.15, 0.2) is 5.76 Å². The van der Waals surface area contributed by atoms with Gasteiger partial charge >= 0.3 is 0 Å². The molecule has 0 saturated heterocycles. The smallest absolute Gasteiger partial charge is 0.150 e. The Labute approximate surface area is 86.7 Å². The average Bonchev–Trinajstić information content (AvgIpc) is 2.70. The van der Waals surface area contributed by atoms with E-state index in [0.717, 1.165) is 0 Å². The van der Waals surface area contributed by atoms with Crippen molar-refractivity contribution in [2.24, 2.45) is 5.73 Å². The van der Waals surface area contributed by atoms with Crippen molar-refractivity contribution >= 4 is 0 Å². The summed E-state index contributed by atoms with van der Waals surface area (Å²) < 4.78 is 18.2. The molecule has 3 nitrogen and oxygen atoms in total. The molecule has 1 heterocycles. The van der Waals surface area contributed by atoms with E-state index >= 15 is 0 Å². The van der Waals surface area contributed by atoms with Gasteiger partial charge in [-0.1, -0.05) is 17.3 Å². The second kappa shape index (κ2) is 3.82. The average molecular weight is 206 g/mol. The van der Waals surface area contributed by atoms with Crippen LogP contribution in [0.25, 0.3) is 11.3 Å². The Morgan fingerprint density at radius 2 is 2.20 bits per heavy atom. The number of benzene rings is 1. The van der Waals surface area contributed by atoms with Crippen molar-refractivity contribution in [2.45, 2.75) is 13.5 Å². The molecule has 0 aliphatic carbocycles. The molecule has 2 aromatic rings. The summed E-state index contributed by atoms with van der Waals surface area (Å²) in [5, 5.41) is 3.81. The number of aromatic nitrogens is 1. The van der Waals surface area contributed by atoms with Crippen LogP contribution in [0.4, 0.5) is 4.39 Å². The second-order valence-electron chi connectivity index (χ2n) is 3.35. The van der Waals surface area contributed by atoms with Gasteiger partial charge in [0.25, 0.3) is 0 Å². The van der Waals surface area contributed by atoms with Gasteiger partial charge in [0, 0.05) is 11.6 Å². The van der Waals surface area contributed by atoms with Crippen molar-refractivity contribution in [3.05, 3.63) is 41.4 Å². The van der Waals surface area contributed by atoms with E-state index in [1.807, 2.05) is 0 Å². The highest BCUT2D eigenvalue weighted by molar-refractivity contribution is 5.59. The molecule has 2 rings (SSSR count). The van der Waals surface area contributed by atoms with E-state index in [0.29, 0.717) is 29.1 Å². The molecule has 0 atom stereocenters. The third-order valence-corrected chi connectivity index (χ3v) is 2.23. The molecule has 78 valence electrons. The molecule has 0 aliphatic heterocycles. The molecule has 0 radical (unpaired) electrons. The van der Waals surface area contributed by atoms with Gasteiger partial charge in [0.2, 0.25) is 0 Å². The summed E-state index contributed by atoms with van der Waals surface area (Å²) in [5.74, 6) is 0.343. The SMILES string of the molecule is Cc1ccc(-c2cc(CN)on2)cc1F. The first-order valence-electron chi connectivity index (χ1n) is 4.63. The van der Waals surface area contributed by atoms with Gasteiger partial charge in [-0.05, 0) is 18.6 Å². The highest BCUT2D eigenvalue weighted by atomic mass is 19.1. The fraction of sp³-hybridized carbons (Fsp3) is 0.182. The summed E-state index contributed by atoms with van der Waals surface area (Å²) in [6, 6.07) is 6.66. The molecule has 1 aromatic carbocycles. The molecule has 0 saturated carbocycles. The summed E-state index contributed by atoms with van der Waals surface area (Å²) in [6.45, 7) is 2.01. The van der Waals surface area contributed by atoms with Crippen molar-refractivity contribution in [3.63, 3.8) is 0 Å². The summed E-state index contributed by atoms with van der Waals surface area (Å²) in [7, 11) is 0. The van der Waals surface area contributed by atoms with Gasteiger partial charge in [-0.25, -0.2) is 4.39 Å². The maximum absolute atomic E-state index is 13.3. The van der Waals surface area contributed by atoms with Crippen LogP contribution in [0.15, 0.2) is 28.8 Å². The molecule has 0 spiro atoms. The van der Waals surface area contributed by atoms with E-state index in [-0.39, 0.29) is 5.82 Å². The third kappa shape index (κ3) is 1.89. The molecule has 15 heavy (non-hydrogen) atoms. The molecule has 1 aromatic heterocycles. The van der Waals surface area contributed by atoms with Crippen LogP contribution in [0.2, 0.25) is 0 Å². The molecular weight excluding hydrogens is 195 g/mol. The number of aryl methyl sites for hydroxylation is 1. The van der Waals surface area contributed by atoms with Crippen molar-refractivity contribution in [1.29, 1.82) is 0 Å². The van der Waals surface area contributed by atoms with Gasteiger partial charge in [-0.3, -0.25) is 0 Å². The lowest BCUT2D eigenvalue weighted by atomic mass is 10.1. The predicted octanol–water partition coefficient (Wildman–Crippen LogP) is 2.25. The molecule has 0 fully saturated rings. The molecule has 0 amide bonds. The quantitative estimate of drug-likeness (QED) is 0.819. The zero-order valence-corrected chi connectivity index (χ0v) is 8.33. The minimum Gasteiger partial charge on any atom is -0.359 e. The molecule has 0 bridgehead atoms. The molecule has 0 unspecified atom stereocenters. The summed E-state index contributed by atoms with van der Waals surface area (Å²) in [4.78, 5) is 0. The standard InChI is InChI=1S/C11H11FN2O/c1-7-2-3-8(4-10(7)12)11-5-9(6-13)15-14-11/h2-5H,6,13H2,1H3. The van der Waals surface area contributed by atoms with E-state index in [1.165, 1.54) is 6.07 Å². The first kappa shape index (κ1) is 9.86. The van der Waals surface area contributed by atoms with Gasteiger partial charge in [0.05, 0.1) is 6.54 Å². The summed E-state index contributed by atoms with van der Waals surface area (Å²) in [6.07, 6.45) is 0. The van der Waals surface area contributed by atoms with Crippen LogP contribution in [0.1, 0.15) is 11.3 Å². The summed E-state index contributed by atoms with van der Waals surface area (Å²) in [5.41, 5.74) is 7.30. The maximum Gasteiger partial charge on any atom is 0.150 e. The first-order valence-corrected chi connectivity index (χ1v) is 4.63. The number of nitrogens with two attached hydrogens (primary N) is 1. The van der Waals surface area contributed by atoms with E-state index in [9.17, 15) is 4.39 Å². The van der Waals surface area contributed by atoms with E-state index in [4.69, 9.17) is 10.3 Å². The van der Waals surface area contributed by atoms with Crippen LogP contribution in [0, 0.1) is 12.7 Å². The zero-order chi connectivity index (χ0) is 10.8. The van der Waals surface area contributed by atoms with Crippen LogP contribution >= 0.6 is 0 Å². The van der Waals surface area contributed by atoms with Crippen LogP contribution in [0.5, 0.6) is 0 Å². The Kier molecular flexibility index (Phi) is 2.51. The van der Waals surface area contributed by atoms with Crippen LogP contribution in [-0.2, 0) is 6.54 Å². The van der Waals surface area contributed by atoms with Crippen molar-refractivity contribution in [2.75, 3.05) is 0 Å². The van der Waals surface area contributed by atoms with Gasteiger partial charge in [-0.2, -0.15) is 0 Å². The monoisotopic (exact) mass is 206 g/mol. The lowest BCUT2D eigenvalue weighted by Crippen LogP contribution is -1.92.